The first-order chi connectivity index (χ1) is 14.6. The molecule has 1 N–H and O–H groups in total. The van der Waals surface area contributed by atoms with Gasteiger partial charge in [0.15, 0.2) is 5.76 Å². The average molecular weight is 407 g/mol. The minimum atomic E-state index is -0.291. The predicted molar refractivity (Wildman–Crippen MR) is 115 cm³/mol. The first-order valence-corrected chi connectivity index (χ1v) is 10.2. The summed E-state index contributed by atoms with van der Waals surface area (Å²) in [6.07, 6.45) is 0. The number of hydrogen-bond acceptors (Lipinski definition) is 4. The second-order valence-electron chi connectivity index (χ2n) is 7.67. The number of amides is 1. The number of nitrogens with zero attached hydrogens (tertiary/aromatic N) is 2. The summed E-state index contributed by atoms with van der Waals surface area (Å²) in [4.78, 5) is 17.0. The highest BCUT2D eigenvalue weighted by molar-refractivity contribution is 5.91. The molecule has 0 bridgehead atoms. The highest BCUT2D eigenvalue weighted by Crippen LogP contribution is 2.19. The number of furan rings is 1. The van der Waals surface area contributed by atoms with E-state index in [1.807, 2.05) is 6.07 Å². The molecule has 2 aromatic carbocycles. The van der Waals surface area contributed by atoms with Crippen LogP contribution in [0.15, 0.2) is 65.1 Å². The van der Waals surface area contributed by atoms with Crippen molar-refractivity contribution in [2.45, 2.75) is 20.0 Å². The Morgan fingerprint density at radius 3 is 2.37 bits per heavy atom. The number of carbonyl (C=O) groups is 1. The maximum Gasteiger partial charge on any atom is 0.287 e. The van der Waals surface area contributed by atoms with Crippen LogP contribution in [0.2, 0.25) is 0 Å². The number of carbonyl (C=O) groups excluding carboxylic acids is 1. The Labute approximate surface area is 176 Å². The molecule has 2 heterocycles. The van der Waals surface area contributed by atoms with Crippen molar-refractivity contribution < 1.29 is 13.6 Å². The van der Waals surface area contributed by atoms with Crippen LogP contribution in [0.3, 0.4) is 0 Å². The van der Waals surface area contributed by atoms with Crippen LogP contribution in [0, 0.1) is 12.7 Å². The van der Waals surface area contributed by atoms with Gasteiger partial charge >= 0.3 is 0 Å². The van der Waals surface area contributed by atoms with Gasteiger partial charge in [0, 0.05) is 38.4 Å². The van der Waals surface area contributed by atoms with E-state index in [-0.39, 0.29) is 11.7 Å². The molecule has 1 fully saturated rings. The lowest BCUT2D eigenvalue weighted by molar-refractivity contribution is 0.0919. The number of halogens is 1. The third kappa shape index (κ3) is 5.07. The normalized spacial score (nSPS) is 14.7. The molecule has 156 valence electrons. The number of aryl methyl sites for hydroxylation is 1. The van der Waals surface area contributed by atoms with Gasteiger partial charge in [-0.25, -0.2) is 4.39 Å². The molecular weight excluding hydrogens is 381 g/mol. The average Bonchev–Trinajstić information content (AvgIpc) is 3.23. The molecule has 3 aromatic rings. The van der Waals surface area contributed by atoms with Crippen LogP contribution in [0.25, 0.3) is 0 Å². The molecule has 1 saturated heterocycles. The molecule has 1 aliphatic rings. The molecule has 6 heteroatoms. The van der Waals surface area contributed by atoms with Gasteiger partial charge in [0.25, 0.3) is 5.91 Å². The van der Waals surface area contributed by atoms with Gasteiger partial charge in [-0.05, 0) is 48.9 Å². The molecule has 4 rings (SSSR count). The lowest BCUT2D eigenvalue weighted by Crippen LogP contribution is -2.45. The van der Waals surface area contributed by atoms with Gasteiger partial charge in [-0.2, -0.15) is 0 Å². The molecule has 0 radical (unpaired) electrons. The lowest BCUT2D eigenvalue weighted by Gasteiger charge is -2.35. The van der Waals surface area contributed by atoms with E-state index in [0.717, 1.165) is 37.5 Å². The van der Waals surface area contributed by atoms with Crippen LogP contribution >= 0.6 is 0 Å². The fraction of sp³-hybridized carbons (Fsp3) is 0.292. The largest absolute Gasteiger partial charge is 0.455 e. The van der Waals surface area contributed by atoms with Crippen molar-refractivity contribution in [3.8, 4) is 0 Å². The Morgan fingerprint density at radius 2 is 1.67 bits per heavy atom. The van der Waals surface area contributed by atoms with Crippen molar-refractivity contribution in [1.82, 2.24) is 10.2 Å². The van der Waals surface area contributed by atoms with E-state index in [1.54, 1.807) is 18.2 Å². The maximum atomic E-state index is 13.0. The molecule has 30 heavy (non-hydrogen) atoms. The Balaban J connectivity index is 1.26. The second-order valence-corrected chi connectivity index (χ2v) is 7.67. The molecule has 0 atom stereocenters. The molecule has 0 unspecified atom stereocenters. The SMILES string of the molecule is Cc1ccc(N2CCN(Cc3ccc(C(=O)NCc4ccc(F)cc4)o3)CC2)cc1. The summed E-state index contributed by atoms with van der Waals surface area (Å²) < 4.78 is 18.7. The van der Waals surface area contributed by atoms with E-state index in [4.69, 9.17) is 4.42 Å². The van der Waals surface area contributed by atoms with Crippen LogP contribution in [-0.4, -0.2) is 37.0 Å². The molecule has 1 aromatic heterocycles. The van der Waals surface area contributed by atoms with Gasteiger partial charge in [0.1, 0.15) is 11.6 Å². The predicted octanol–water partition coefficient (Wildman–Crippen LogP) is 3.98. The Hall–Kier alpha value is -3.12. The second kappa shape index (κ2) is 9.13. The van der Waals surface area contributed by atoms with Crippen LogP contribution in [-0.2, 0) is 13.1 Å². The molecule has 0 spiro atoms. The topological polar surface area (TPSA) is 48.7 Å². The fourth-order valence-electron chi connectivity index (χ4n) is 3.60. The first kappa shape index (κ1) is 20.2. The number of rotatable bonds is 6. The van der Waals surface area contributed by atoms with E-state index in [1.165, 1.54) is 23.4 Å². The molecular formula is C24H26FN3O2. The van der Waals surface area contributed by atoms with Crippen molar-refractivity contribution in [1.29, 1.82) is 0 Å². The van der Waals surface area contributed by atoms with Gasteiger partial charge in [0.2, 0.25) is 0 Å². The third-order valence-electron chi connectivity index (χ3n) is 5.40. The summed E-state index contributed by atoms with van der Waals surface area (Å²) in [5, 5.41) is 2.80. The molecule has 5 nitrogen and oxygen atoms in total. The Kier molecular flexibility index (Phi) is 6.14. The first-order valence-electron chi connectivity index (χ1n) is 10.2. The number of piperazine rings is 1. The van der Waals surface area contributed by atoms with Crippen LogP contribution in [0.5, 0.6) is 0 Å². The van der Waals surface area contributed by atoms with E-state index < -0.39 is 0 Å². The monoisotopic (exact) mass is 407 g/mol. The highest BCUT2D eigenvalue weighted by atomic mass is 19.1. The summed E-state index contributed by atoms with van der Waals surface area (Å²) in [5.41, 5.74) is 3.37. The number of hydrogen-bond donors (Lipinski definition) is 1. The number of benzene rings is 2. The highest BCUT2D eigenvalue weighted by Gasteiger charge is 2.19. The van der Waals surface area contributed by atoms with Gasteiger partial charge in [-0.1, -0.05) is 29.8 Å². The van der Waals surface area contributed by atoms with Gasteiger partial charge in [-0.3, -0.25) is 9.69 Å². The van der Waals surface area contributed by atoms with Crippen molar-refractivity contribution in [3.05, 3.63) is 89.1 Å². The van der Waals surface area contributed by atoms with Crippen molar-refractivity contribution in [2.75, 3.05) is 31.1 Å². The minimum Gasteiger partial charge on any atom is -0.455 e. The van der Waals surface area contributed by atoms with E-state index >= 15 is 0 Å². The molecule has 0 aliphatic carbocycles. The Morgan fingerprint density at radius 1 is 0.967 bits per heavy atom. The van der Waals surface area contributed by atoms with Crippen molar-refractivity contribution in [2.24, 2.45) is 0 Å². The van der Waals surface area contributed by atoms with E-state index in [9.17, 15) is 9.18 Å². The van der Waals surface area contributed by atoms with Gasteiger partial charge < -0.3 is 14.6 Å². The summed E-state index contributed by atoms with van der Waals surface area (Å²) in [6.45, 7) is 6.94. The standard InChI is InChI=1S/C24H26FN3O2/c1-18-2-8-21(9-3-18)28-14-12-27(13-15-28)17-22-10-11-23(30-22)24(29)26-16-19-4-6-20(25)7-5-19/h2-11H,12-17H2,1H3,(H,26,29). The number of nitrogens with one attached hydrogen (secondary N) is 1. The lowest BCUT2D eigenvalue weighted by atomic mass is 10.2. The molecule has 1 amide bonds. The zero-order valence-corrected chi connectivity index (χ0v) is 17.1. The van der Waals surface area contributed by atoms with Crippen LogP contribution in [0.1, 0.15) is 27.4 Å². The summed E-state index contributed by atoms with van der Waals surface area (Å²) in [7, 11) is 0. The third-order valence-corrected chi connectivity index (χ3v) is 5.40. The minimum absolute atomic E-state index is 0.269. The molecule has 0 saturated carbocycles. The van der Waals surface area contributed by atoms with Crippen LogP contribution < -0.4 is 10.2 Å². The molecule has 1 aliphatic heterocycles. The summed E-state index contributed by atoms with van der Waals surface area (Å²) in [5.74, 6) is 0.520. The fourth-order valence-corrected chi connectivity index (χ4v) is 3.60. The van der Waals surface area contributed by atoms with Gasteiger partial charge in [-0.15, -0.1) is 0 Å². The smallest absolute Gasteiger partial charge is 0.287 e. The zero-order chi connectivity index (χ0) is 20.9. The number of anilines is 1. The maximum absolute atomic E-state index is 13.0. The van der Waals surface area contributed by atoms with E-state index in [0.29, 0.717) is 18.8 Å². The van der Waals surface area contributed by atoms with Crippen molar-refractivity contribution >= 4 is 11.6 Å². The summed E-state index contributed by atoms with van der Waals surface area (Å²) >= 11 is 0. The van der Waals surface area contributed by atoms with Gasteiger partial charge in [0.05, 0.1) is 6.54 Å². The van der Waals surface area contributed by atoms with E-state index in [2.05, 4.69) is 46.3 Å². The van der Waals surface area contributed by atoms with Crippen LogP contribution in [0.4, 0.5) is 10.1 Å². The summed E-state index contributed by atoms with van der Waals surface area (Å²) in [6, 6.07) is 18.3. The quantitative estimate of drug-likeness (QED) is 0.672. The zero-order valence-electron chi connectivity index (χ0n) is 17.1. The van der Waals surface area contributed by atoms with Crippen molar-refractivity contribution in [3.63, 3.8) is 0 Å². The Bertz CT molecular complexity index is 974.